The van der Waals surface area contributed by atoms with Crippen LogP contribution in [0.1, 0.15) is 22.3 Å². The van der Waals surface area contributed by atoms with Crippen LogP contribution in [0.2, 0.25) is 0 Å². The van der Waals surface area contributed by atoms with Crippen molar-refractivity contribution in [3.8, 4) is 0 Å². The Morgan fingerprint density at radius 1 is 0.818 bits per heavy atom. The number of aryl methyl sites for hydroxylation is 1. The topological polar surface area (TPSA) is 61.4 Å². The number of hydrogen-bond donors (Lipinski definition) is 2. The first kappa shape index (κ1) is 22.1. The molecule has 0 aliphatic rings. The van der Waals surface area contributed by atoms with Crippen LogP contribution in [0.3, 0.4) is 0 Å². The van der Waals surface area contributed by atoms with Gasteiger partial charge >= 0.3 is 6.03 Å². The molecule has 0 saturated carbocycles. The Morgan fingerprint density at radius 3 is 2.36 bits per heavy atom. The van der Waals surface area contributed by atoms with Crippen molar-refractivity contribution >= 4 is 34.1 Å². The number of nitrogens with one attached hydrogen (secondary N) is 2. The quantitative estimate of drug-likeness (QED) is 0.348. The summed E-state index contributed by atoms with van der Waals surface area (Å²) in [7, 11) is 0. The minimum atomic E-state index is -0.202. The SMILES string of the molecule is Cc1cccc(NC(=O)N(CCCNC(=O)c2cccc3ccccc23)c2ccccc2)c1. The molecule has 0 aliphatic carbocycles. The molecule has 4 aromatic carbocycles. The molecule has 0 radical (unpaired) electrons. The van der Waals surface area contributed by atoms with Crippen molar-refractivity contribution in [1.29, 1.82) is 0 Å². The van der Waals surface area contributed by atoms with Gasteiger partial charge < -0.3 is 10.6 Å². The molecule has 166 valence electrons. The van der Waals surface area contributed by atoms with Crippen molar-refractivity contribution in [1.82, 2.24) is 5.32 Å². The summed E-state index contributed by atoms with van der Waals surface area (Å²) in [4.78, 5) is 27.5. The lowest BCUT2D eigenvalue weighted by molar-refractivity contribution is 0.0955. The highest BCUT2D eigenvalue weighted by atomic mass is 16.2. The highest BCUT2D eigenvalue weighted by Crippen LogP contribution is 2.19. The van der Waals surface area contributed by atoms with Gasteiger partial charge in [0.2, 0.25) is 0 Å². The average Bonchev–Trinajstić information content (AvgIpc) is 2.84. The predicted octanol–water partition coefficient (Wildman–Crippen LogP) is 6.01. The van der Waals surface area contributed by atoms with Crippen molar-refractivity contribution in [2.24, 2.45) is 0 Å². The highest BCUT2D eigenvalue weighted by molar-refractivity contribution is 6.07. The van der Waals surface area contributed by atoms with Crippen molar-refractivity contribution in [2.75, 3.05) is 23.3 Å². The van der Waals surface area contributed by atoms with Gasteiger partial charge in [-0.2, -0.15) is 0 Å². The lowest BCUT2D eigenvalue weighted by Gasteiger charge is -2.23. The number of benzene rings is 4. The second kappa shape index (κ2) is 10.5. The van der Waals surface area contributed by atoms with E-state index in [4.69, 9.17) is 0 Å². The zero-order valence-electron chi connectivity index (χ0n) is 18.6. The van der Waals surface area contributed by atoms with Gasteiger partial charge in [0.25, 0.3) is 5.91 Å². The number of fused-ring (bicyclic) bond motifs is 1. The fraction of sp³-hybridized carbons (Fsp3) is 0.143. The first-order valence-electron chi connectivity index (χ1n) is 11.1. The first-order valence-corrected chi connectivity index (χ1v) is 11.1. The van der Waals surface area contributed by atoms with E-state index in [2.05, 4.69) is 10.6 Å². The molecule has 4 rings (SSSR count). The molecule has 2 N–H and O–H groups in total. The summed E-state index contributed by atoms with van der Waals surface area (Å²) in [5.74, 6) is -0.109. The van der Waals surface area contributed by atoms with E-state index < -0.39 is 0 Å². The molecule has 3 amide bonds. The van der Waals surface area contributed by atoms with Gasteiger partial charge in [-0.25, -0.2) is 4.79 Å². The van der Waals surface area contributed by atoms with Crippen LogP contribution in [0.5, 0.6) is 0 Å². The van der Waals surface area contributed by atoms with Crippen LogP contribution in [0.15, 0.2) is 97.1 Å². The fourth-order valence-corrected chi connectivity index (χ4v) is 3.83. The van der Waals surface area contributed by atoms with Gasteiger partial charge in [0.15, 0.2) is 0 Å². The Hall–Kier alpha value is -4.12. The van der Waals surface area contributed by atoms with Crippen LogP contribution in [-0.2, 0) is 0 Å². The number of anilines is 2. The first-order chi connectivity index (χ1) is 16.1. The third-order valence-corrected chi connectivity index (χ3v) is 5.46. The maximum Gasteiger partial charge on any atom is 0.326 e. The van der Waals surface area contributed by atoms with E-state index in [1.165, 1.54) is 0 Å². The van der Waals surface area contributed by atoms with E-state index in [-0.39, 0.29) is 11.9 Å². The smallest absolute Gasteiger partial charge is 0.326 e. The number of para-hydroxylation sites is 1. The Bertz CT molecular complexity index is 1250. The number of amides is 3. The molecule has 0 heterocycles. The van der Waals surface area contributed by atoms with E-state index in [1.54, 1.807) is 4.90 Å². The molecule has 0 bridgehead atoms. The van der Waals surface area contributed by atoms with Crippen LogP contribution in [0, 0.1) is 6.92 Å². The number of carbonyl (C=O) groups excluding carboxylic acids is 2. The monoisotopic (exact) mass is 437 g/mol. The molecule has 33 heavy (non-hydrogen) atoms. The lowest BCUT2D eigenvalue weighted by atomic mass is 10.0. The van der Waals surface area contributed by atoms with Crippen LogP contribution in [0.4, 0.5) is 16.2 Å². The van der Waals surface area contributed by atoms with Gasteiger partial charge in [-0.3, -0.25) is 9.69 Å². The van der Waals surface area contributed by atoms with Crippen LogP contribution >= 0.6 is 0 Å². The summed E-state index contributed by atoms with van der Waals surface area (Å²) in [5, 5.41) is 7.94. The summed E-state index contributed by atoms with van der Waals surface area (Å²) < 4.78 is 0. The molecule has 4 aromatic rings. The van der Waals surface area contributed by atoms with E-state index in [0.717, 1.165) is 27.7 Å². The maximum atomic E-state index is 13.0. The largest absolute Gasteiger partial charge is 0.352 e. The maximum absolute atomic E-state index is 13.0. The Morgan fingerprint density at radius 2 is 1.55 bits per heavy atom. The summed E-state index contributed by atoms with van der Waals surface area (Å²) in [5.41, 5.74) is 3.30. The Kier molecular flexibility index (Phi) is 7.00. The number of rotatable bonds is 7. The second-order valence-electron chi connectivity index (χ2n) is 7.92. The zero-order chi connectivity index (χ0) is 23.0. The third-order valence-electron chi connectivity index (χ3n) is 5.46. The zero-order valence-corrected chi connectivity index (χ0v) is 18.6. The minimum Gasteiger partial charge on any atom is -0.352 e. The molecule has 5 nitrogen and oxygen atoms in total. The standard InChI is InChI=1S/C28H27N3O2/c1-21-10-7-13-23(20-21)30-28(33)31(24-14-3-2-4-15-24)19-9-18-29-27(32)26-17-8-12-22-11-5-6-16-25(22)26/h2-8,10-17,20H,9,18-19H2,1H3,(H,29,32)(H,30,33). The lowest BCUT2D eigenvalue weighted by Crippen LogP contribution is -2.37. The summed E-state index contributed by atoms with van der Waals surface area (Å²) in [6.07, 6.45) is 0.618. The minimum absolute atomic E-state index is 0.109. The molecular weight excluding hydrogens is 410 g/mol. The van der Waals surface area contributed by atoms with Crippen LogP contribution in [-0.4, -0.2) is 25.0 Å². The second-order valence-corrected chi connectivity index (χ2v) is 7.92. The molecule has 0 unspecified atom stereocenters. The van der Waals surface area contributed by atoms with Gasteiger partial charge in [0.1, 0.15) is 0 Å². The van der Waals surface area contributed by atoms with Crippen molar-refractivity contribution in [3.63, 3.8) is 0 Å². The molecule has 0 saturated heterocycles. The van der Waals surface area contributed by atoms with Gasteiger partial charge in [-0.05, 0) is 60.0 Å². The van der Waals surface area contributed by atoms with Gasteiger partial charge in [0.05, 0.1) is 0 Å². The predicted molar refractivity (Wildman–Crippen MR) is 135 cm³/mol. The van der Waals surface area contributed by atoms with Crippen LogP contribution in [0.25, 0.3) is 10.8 Å². The fourth-order valence-electron chi connectivity index (χ4n) is 3.83. The number of urea groups is 1. The van der Waals surface area contributed by atoms with E-state index >= 15 is 0 Å². The molecular formula is C28H27N3O2. The molecule has 0 spiro atoms. The van der Waals surface area contributed by atoms with Gasteiger partial charge in [-0.15, -0.1) is 0 Å². The molecule has 0 aromatic heterocycles. The van der Waals surface area contributed by atoms with E-state index in [9.17, 15) is 9.59 Å². The molecule has 0 fully saturated rings. The number of carbonyl (C=O) groups is 2. The van der Waals surface area contributed by atoms with E-state index in [0.29, 0.717) is 25.1 Å². The van der Waals surface area contributed by atoms with Crippen molar-refractivity contribution < 1.29 is 9.59 Å². The Balaban J connectivity index is 1.40. The van der Waals surface area contributed by atoms with Crippen molar-refractivity contribution in [2.45, 2.75) is 13.3 Å². The third kappa shape index (κ3) is 5.57. The van der Waals surface area contributed by atoms with Crippen molar-refractivity contribution in [3.05, 3.63) is 108 Å². The van der Waals surface area contributed by atoms with Crippen LogP contribution < -0.4 is 15.5 Å². The van der Waals surface area contributed by atoms with Gasteiger partial charge in [-0.1, -0.05) is 66.7 Å². The molecule has 5 heteroatoms. The number of nitrogens with zero attached hydrogens (tertiary/aromatic N) is 1. The normalized spacial score (nSPS) is 10.6. The Labute approximate surface area is 194 Å². The van der Waals surface area contributed by atoms with E-state index in [1.807, 2.05) is 104 Å². The summed E-state index contributed by atoms with van der Waals surface area (Å²) >= 11 is 0. The summed E-state index contributed by atoms with van der Waals surface area (Å²) in [6, 6.07) is 30.6. The highest BCUT2D eigenvalue weighted by Gasteiger charge is 2.16. The van der Waals surface area contributed by atoms with Gasteiger partial charge in [0, 0.05) is 30.0 Å². The average molecular weight is 438 g/mol. The molecule has 0 atom stereocenters. The molecule has 0 aliphatic heterocycles. The summed E-state index contributed by atoms with van der Waals surface area (Å²) in [6.45, 7) is 2.92. The number of hydrogen-bond acceptors (Lipinski definition) is 2.